The van der Waals surface area contributed by atoms with E-state index in [1.54, 1.807) is 23.9 Å². The largest absolute Gasteiger partial charge is 0.503 e. The smallest absolute Gasteiger partial charge is 0.494 e. The summed E-state index contributed by atoms with van der Waals surface area (Å²) >= 11 is 1.55. The van der Waals surface area contributed by atoms with Gasteiger partial charge in [0, 0.05) is 16.8 Å². The molecule has 37 heavy (non-hydrogen) atoms. The van der Waals surface area contributed by atoms with Crippen LogP contribution in [0.1, 0.15) is 40.1 Å². The van der Waals surface area contributed by atoms with Crippen LogP contribution in [0.5, 0.6) is 5.75 Å². The van der Waals surface area contributed by atoms with E-state index >= 15 is 0 Å². The van der Waals surface area contributed by atoms with Gasteiger partial charge in [-0.15, -0.1) is 11.8 Å². The van der Waals surface area contributed by atoms with Crippen LogP contribution in [0, 0.1) is 0 Å². The van der Waals surface area contributed by atoms with Gasteiger partial charge in [0.2, 0.25) is 5.43 Å². The third-order valence-corrected chi connectivity index (χ3v) is 7.83. The van der Waals surface area contributed by atoms with Crippen molar-refractivity contribution in [2.24, 2.45) is 0 Å². The molecule has 8 nitrogen and oxygen atoms in total. The highest BCUT2D eigenvalue weighted by atomic mass is 32.2. The van der Waals surface area contributed by atoms with Crippen molar-refractivity contribution in [3.8, 4) is 5.75 Å². The predicted octanol–water partition coefficient (Wildman–Crippen LogP) is 1.93. The molecular formula is C24H21BF3N3O5S. The Hall–Kier alpha value is -3.42. The summed E-state index contributed by atoms with van der Waals surface area (Å²) < 4.78 is 42.6. The number of hydrogen-bond acceptors (Lipinski definition) is 7. The minimum absolute atomic E-state index is 0.548. The second-order valence-corrected chi connectivity index (χ2v) is 9.85. The molecule has 1 amide bonds. The van der Waals surface area contributed by atoms with Gasteiger partial charge < -0.3 is 20.1 Å². The molecule has 3 N–H and O–H groups in total. The minimum atomic E-state index is -4.78. The first-order valence-corrected chi connectivity index (χ1v) is 12.3. The monoisotopic (exact) mass is 531 g/mol. The molecule has 2 atom stereocenters. The molecule has 13 heteroatoms. The molecule has 0 saturated carbocycles. The van der Waals surface area contributed by atoms with Crippen molar-refractivity contribution in [2.75, 3.05) is 11.7 Å². The molecule has 0 unspecified atom stereocenters. The summed E-state index contributed by atoms with van der Waals surface area (Å²) in [5, 5.41) is 31.6. The fourth-order valence-electron chi connectivity index (χ4n) is 4.71. The lowest BCUT2D eigenvalue weighted by atomic mass is 9.81. The number of rotatable bonds is 3. The molecule has 0 radical (unpaired) electrons. The molecule has 0 saturated heterocycles. The van der Waals surface area contributed by atoms with Crippen molar-refractivity contribution >= 4 is 30.3 Å². The van der Waals surface area contributed by atoms with Gasteiger partial charge in [-0.1, -0.05) is 42.5 Å². The van der Waals surface area contributed by atoms with E-state index in [2.05, 4.69) is 0 Å². The number of carbonyl (C=O) groups excluding carboxylic acids is 1. The van der Waals surface area contributed by atoms with Gasteiger partial charge >= 0.3 is 13.3 Å². The first-order valence-electron chi connectivity index (χ1n) is 11.3. The molecular weight excluding hydrogens is 510 g/mol. The van der Waals surface area contributed by atoms with E-state index in [-0.39, 0.29) is 0 Å². The standard InChI is InChI=1S/C24H21BF3N3O5S/c1-13(24(26,27)28)29-12-31(30-10-17(25(35)36)21(32)22(33)20(30)23(29)34)19-15-7-3-2-6-14(15)11-37-18-9-5-4-8-16(18)19/h2-10,13,19,33,35-36H,11-12H2,1H3/t13-,19+/m1/s1. The van der Waals surface area contributed by atoms with E-state index in [0.717, 1.165) is 39.4 Å². The first kappa shape index (κ1) is 25.2. The van der Waals surface area contributed by atoms with Crippen LogP contribution in [0.25, 0.3) is 0 Å². The molecule has 0 fully saturated rings. The number of halogens is 3. The lowest BCUT2D eigenvalue weighted by molar-refractivity contribution is -0.173. The lowest BCUT2D eigenvalue weighted by Crippen LogP contribution is -2.61. The fourth-order valence-corrected chi connectivity index (χ4v) is 5.81. The van der Waals surface area contributed by atoms with E-state index in [9.17, 15) is 37.9 Å². The highest BCUT2D eigenvalue weighted by molar-refractivity contribution is 7.98. The van der Waals surface area contributed by atoms with E-state index in [1.807, 2.05) is 36.4 Å². The Bertz CT molecular complexity index is 1400. The summed E-state index contributed by atoms with van der Waals surface area (Å²) in [5.41, 5.74) is -0.168. The Labute approximate surface area is 213 Å². The molecule has 3 heterocycles. The van der Waals surface area contributed by atoms with Crippen molar-refractivity contribution in [3.05, 3.63) is 87.3 Å². The zero-order valence-electron chi connectivity index (χ0n) is 19.4. The van der Waals surface area contributed by atoms with Crippen LogP contribution in [0.2, 0.25) is 0 Å². The summed E-state index contributed by atoms with van der Waals surface area (Å²) in [4.78, 5) is 27.3. The van der Waals surface area contributed by atoms with E-state index in [4.69, 9.17) is 0 Å². The summed E-state index contributed by atoms with van der Waals surface area (Å²) in [6.07, 6.45) is -3.80. The van der Waals surface area contributed by atoms with Crippen LogP contribution in [-0.4, -0.2) is 56.6 Å². The van der Waals surface area contributed by atoms with Crippen molar-refractivity contribution in [1.82, 2.24) is 9.58 Å². The average Bonchev–Trinajstić information content (AvgIpc) is 3.02. The topological polar surface area (TPSA) is 106 Å². The maximum absolute atomic E-state index is 13.8. The van der Waals surface area contributed by atoms with Gasteiger partial charge in [0.25, 0.3) is 5.91 Å². The minimum Gasteiger partial charge on any atom is -0.503 e. The van der Waals surface area contributed by atoms with Crippen molar-refractivity contribution in [3.63, 3.8) is 0 Å². The molecule has 2 aliphatic rings. The van der Waals surface area contributed by atoms with Crippen molar-refractivity contribution in [1.29, 1.82) is 0 Å². The number of hydrogen-bond donors (Lipinski definition) is 3. The van der Waals surface area contributed by atoms with Crippen LogP contribution >= 0.6 is 11.8 Å². The van der Waals surface area contributed by atoms with Crippen LogP contribution in [0.3, 0.4) is 0 Å². The number of benzene rings is 2. The number of thioether (sulfide) groups is 1. The van der Waals surface area contributed by atoms with E-state index in [0.29, 0.717) is 10.7 Å². The van der Waals surface area contributed by atoms with Gasteiger partial charge in [-0.3, -0.25) is 19.3 Å². The van der Waals surface area contributed by atoms with Crippen LogP contribution < -0.4 is 15.9 Å². The number of fused-ring (bicyclic) bond motifs is 3. The predicted molar refractivity (Wildman–Crippen MR) is 131 cm³/mol. The van der Waals surface area contributed by atoms with Crippen LogP contribution in [0.4, 0.5) is 13.2 Å². The van der Waals surface area contributed by atoms with Crippen LogP contribution in [-0.2, 0) is 5.75 Å². The molecule has 2 aliphatic heterocycles. The number of pyridine rings is 1. The Kier molecular flexibility index (Phi) is 6.25. The van der Waals surface area contributed by atoms with Crippen LogP contribution in [0.15, 0.2) is 64.4 Å². The highest BCUT2D eigenvalue weighted by Gasteiger charge is 2.48. The zero-order valence-corrected chi connectivity index (χ0v) is 20.2. The zero-order chi connectivity index (χ0) is 26.6. The molecule has 5 rings (SSSR count). The Morgan fingerprint density at radius 1 is 1.05 bits per heavy atom. The summed E-state index contributed by atoms with van der Waals surface area (Å²) in [5.74, 6) is -1.79. The highest BCUT2D eigenvalue weighted by Crippen LogP contribution is 2.43. The molecule has 0 bridgehead atoms. The van der Waals surface area contributed by atoms with Gasteiger partial charge in [-0.05, 0) is 29.7 Å². The number of alkyl halides is 3. The van der Waals surface area contributed by atoms with Gasteiger partial charge in [0.1, 0.15) is 12.7 Å². The van der Waals surface area contributed by atoms with Crippen molar-refractivity contribution in [2.45, 2.75) is 35.8 Å². The second-order valence-electron chi connectivity index (χ2n) is 8.83. The Morgan fingerprint density at radius 2 is 1.70 bits per heavy atom. The Balaban J connectivity index is 1.82. The van der Waals surface area contributed by atoms with Gasteiger partial charge in [-0.25, -0.2) is 0 Å². The SMILES string of the molecule is C[C@@H](N1CN([C@H]2c3ccccc3CSc3ccccc32)n2cc(B(O)O)c(=O)c(O)c2C1=O)C(F)(F)F. The molecule has 0 aliphatic carbocycles. The maximum atomic E-state index is 13.8. The normalized spacial score (nSPS) is 18.0. The number of carbonyl (C=O) groups is 1. The number of nitrogens with zero attached hydrogens (tertiary/aromatic N) is 3. The molecule has 1 aromatic heterocycles. The van der Waals surface area contributed by atoms with Crippen molar-refractivity contribution < 1.29 is 33.1 Å². The summed E-state index contributed by atoms with van der Waals surface area (Å²) in [6, 6.07) is 11.7. The summed E-state index contributed by atoms with van der Waals surface area (Å²) in [7, 11) is -2.29. The molecule has 3 aromatic rings. The first-order chi connectivity index (χ1) is 17.5. The van der Waals surface area contributed by atoms with Gasteiger partial charge in [0.05, 0.1) is 11.5 Å². The number of amides is 1. The Morgan fingerprint density at radius 3 is 2.38 bits per heavy atom. The molecule has 192 valence electrons. The fraction of sp³-hybridized carbons (Fsp3) is 0.250. The van der Waals surface area contributed by atoms with Gasteiger partial charge in [0.15, 0.2) is 11.4 Å². The second kappa shape index (κ2) is 9.16. The van der Waals surface area contributed by atoms with E-state index < -0.39 is 60.3 Å². The third kappa shape index (κ3) is 4.16. The molecule has 0 spiro atoms. The quantitative estimate of drug-likeness (QED) is 0.444. The maximum Gasteiger partial charge on any atom is 0.494 e. The molecule has 2 aromatic carbocycles. The average molecular weight is 531 g/mol. The summed E-state index contributed by atoms with van der Waals surface area (Å²) in [6.45, 7) is 0.269. The lowest BCUT2D eigenvalue weighted by Gasteiger charge is -2.46. The van der Waals surface area contributed by atoms with Gasteiger partial charge in [-0.2, -0.15) is 13.2 Å². The third-order valence-electron chi connectivity index (χ3n) is 6.69. The van der Waals surface area contributed by atoms with E-state index in [1.165, 1.54) is 5.01 Å². The number of aromatic nitrogens is 1. The number of aromatic hydroxyl groups is 1.